The third-order valence-electron chi connectivity index (χ3n) is 5.85. The second-order valence-corrected chi connectivity index (χ2v) is 7.94. The molecule has 4 rings (SSSR count). The first-order chi connectivity index (χ1) is 14.6. The third-order valence-corrected chi connectivity index (χ3v) is 5.85. The van der Waals surface area contributed by atoms with Gasteiger partial charge in [-0.25, -0.2) is 4.79 Å². The van der Waals surface area contributed by atoms with Gasteiger partial charge < -0.3 is 0 Å². The molecule has 30 heavy (non-hydrogen) atoms. The van der Waals surface area contributed by atoms with Crippen molar-refractivity contribution in [1.29, 1.82) is 0 Å². The van der Waals surface area contributed by atoms with Crippen LogP contribution in [0.2, 0.25) is 0 Å². The number of amides is 1. The van der Waals surface area contributed by atoms with Crippen molar-refractivity contribution in [3.8, 4) is 11.8 Å². The van der Waals surface area contributed by atoms with Gasteiger partial charge in [0.25, 0.3) is 0 Å². The zero-order valence-corrected chi connectivity index (χ0v) is 17.9. The lowest BCUT2D eigenvalue weighted by Gasteiger charge is -2.31. The van der Waals surface area contributed by atoms with Crippen LogP contribution in [0.25, 0.3) is 10.9 Å². The molecule has 2 aromatic carbocycles. The van der Waals surface area contributed by atoms with Crippen LogP contribution in [0.15, 0.2) is 54.6 Å². The van der Waals surface area contributed by atoms with Crippen molar-refractivity contribution in [3.63, 3.8) is 0 Å². The highest BCUT2D eigenvalue weighted by molar-refractivity contribution is 5.96. The summed E-state index contributed by atoms with van der Waals surface area (Å²) in [4.78, 5) is 19.0. The van der Waals surface area contributed by atoms with E-state index < -0.39 is 5.54 Å². The molecule has 0 bridgehead atoms. The molecule has 3 aromatic rings. The van der Waals surface area contributed by atoms with Crippen LogP contribution < -0.4 is 0 Å². The van der Waals surface area contributed by atoms with E-state index in [2.05, 4.69) is 55.2 Å². The molecular formula is C26H28N2O2. The molecule has 0 aliphatic carbocycles. The number of hydroxylamine groups is 2. The maximum atomic E-state index is 13.3. The van der Waals surface area contributed by atoms with E-state index in [-0.39, 0.29) is 6.03 Å². The molecule has 0 saturated heterocycles. The summed E-state index contributed by atoms with van der Waals surface area (Å²) in [5.41, 5.74) is 3.47. The molecule has 1 unspecified atom stereocenters. The summed E-state index contributed by atoms with van der Waals surface area (Å²) in [7, 11) is 1.56. The van der Waals surface area contributed by atoms with E-state index in [1.807, 2.05) is 25.1 Å². The van der Waals surface area contributed by atoms with Crippen molar-refractivity contribution in [1.82, 2.24) is 9.63 Å². The first-order valence-electron chi connectivity index (χ1n) is 10.7. The highest BCUT2D eigenvalue weighted by Crippen LogP contribution is 2.43. The number of benzene rings is 2. The van der Waals surface area contributed by atoms with Crippen LogP contribution in [0.3, 0.4) is 0 Å². The molecule has 1 atom stereocenters. The van der Waals surface area contributed by atoms with Crippen molar-refractivity contribution >= 4 is 16.9 Å². The van der Waals surface area contributed by atoms with Crippen molar-refractivity contribution < 1.29 is 9.63 Å². The number of aromatic nitrogens is 1. The number of unbranched alkanes of at least 4 members (excludes halogenated alkanes) is 1. The van der Waals surface area contributed by atoms with Gasteiger partial charge in [0.15, 0.2) is 5.54 Å². The van der Waals surface area contributed by atoms with E-state index in [4.69, 9.17) is 4.84 Å². The van der Waals surface area contributed by atoms with E-state index in [1.165, 1.54) is 10.6 Å². The van der Waals surface area contributed by atoms with Gasteiger partial charge in [-0.3, -0.25) is 9.40 Å². The van der Waals surface area contributed by atoms with E-state index in [9.17, 15) is 4.79 Å². The van der Waals surface area contributed by atoms with E-state index in [1.54, 1.807) is 11.7 Å². The lowest BCUT2D eigenvalue weighted by molar-refractivity contribution is -0.134. The van der Waals surface area contributed by atoms with Crippen LogP contribution in [0.1, 0.15) is 49.4 Å². The summed E-state index contributed by atoms with van der Waals surface area (Å²) in [6.07, 6.45) is 4.36. The Bertz CT molecular complexity index is 1120. The average molecular weight is 401 g/mol. The Labute approximate surface area is 178 Å². The number of fused-ring (bicyclic) bond motifs is 3. The van der Waals surface area contributed by atoms with Gasteiger partial charge in [0.05, 0.1) is 18.3 Å². The number of nitrogens with zero attached hydrogens (tertiary/aromatic N) is 2. The van der Waals surface area contributed by atoms with Gasteiger partial charge in [-0.1, -0.05) is 67.6 Å². The molecule has 4 nitrogen and oxygen atoms in total. The quantitative estimate of drug-likeness (QED) is 0.489. The van der Waals surface area contributed by atoms with Gasteiger partial charge in [0.1, 0.15) is 0 Å². The average Bonchev–Trinajstić information content (AvgIpc) is 3.24. The zero-order valence-electron chi connectivity index (χ0n) is 17.9. The Morgan fingerprint density at radius 3 is 2.63 bits per heavy atom. The predicted molar refractivity (Wildman–Crippen MR) is 120 cm³/mol. The highest BCUT2D eigenvalue weighted by Gasteiger charge is 2.50. The maximum absolute atomic E-state index is 13.3. The standard InChI is InChI=1S/C26H28N2O2/c1-4-5-16-26(17-10-9-13-21-11-7-6-8-12-21)24-19-22-15-14-20(2)18-23(22)27(24)25(29)28(26)30-3/h6-8,11-12,14-15,18-19H,4-5,9,13,16H2,1-3H3. The maximum Gasteiger partial charge on any atom is 0.354 e. The fourth-order valence-electron chi connectivity index (χ4n) is 4.31. The summed E-state index contributed by atoms with van der Waals surface area (Å²) >= 11 is 0. The van der Waals surface area contributed by atoms with E-state index in [0.717, 1.165) is 54.3 Å². The second-order valence-electron chi connectivity index (χ2n) is 7.94. The molecule has 4 heteroatoms. The molecule has 0 saturated carbocycles. The van der Waals surface area contributed by atoms with E-state index >= 15 is 0 Å². The molecule has 0 fully saturated rings. The Balaban J connectivity index is 1.77. The van der Waals surface area contributed by atoms with Crippen molar-refractivity contribution in [2.24, 2.45) is 0 Å². The van der Waals surface area contributed by atoms with Crippen LogP contribution in [0, 0.1) is 18.8 Å². The Hall–Kier alpha value is -3.03. The number of rotatable bonds is 6. The first kappa shape index (κ1) is 20.3. The van der Waals surface area contributed by atoms with Crippen LogP contribution in [-0.2, 0) is 16.8 Å². The third kappa shape index (κ3) is 3.40. The van der Waals surface area contributed by atoms with Crippen LogP contribution in [-0.4, -0.2) is 22.8 Å². The summed E-state index contributed by atoms with van der Waals surface area (Å²) < 4.78 is 1.79. The monoisotopic (exact) mass is 400 g/mol. The molecule has 1 amide bonds. The van der Waals surface area contributed by atoms with Crippen LogP contribution in [0.4, 0.5) is 4.79 Å². The largest absolute Gasteiger partial charge is 0.354 e. The molecule has 0 radical (unpaired) electrons. The second kappa shape index (κ2) is 8.38. The lowest BCUT2D eigenvalue weighted by atomic mass is 9.89. The predicted octanol–water partition coefficient (Wildman–Crippen LogP) is 5.82. The lowest BCUT2D eigenvalue weighted by Crippen LogP contribution is -2.42. The molecule has 154 valence electrons. The van der Waals surface area contributed by atoms with Gasteiger partial charge in [0, 0.05) is 11.8 Å². The Morgan fingerprint density at radius 1 is 1.10 bits per heavy atom. The van der Waals surface area contributed by atoms with Crippen molar-refractivity contribution in [3.05, 3.63) is 71.4 Å². The molecule has 0 spiro atoms. The molecule has 1 aromatic heterocycles. The fraction of sp³-hybridized carbons (Fsp3) is 0.346. The Morgan fingerprint density at radius 2 is 1.90 bits per heavy atom. The smallest absolute Gasteiger partial charge is 0.271 e. The minimum Gasteiger partial charge on any atom is -0.271 e. The van der Waals surface area contributed by atoms with Gasteiger partial charge in [0.2, 0.25) is 0 Å². The minimum absolute atomic E-state index is 0.165. The van der Waals surface area contributed by atoms with Gasteiger partial charge >= 0.3 is 6.03 Å². The summed E-state index contributed by atoms with van der Waals surface area (Å²) in [6, 6.07) is 18.5. The molecule has 1 aliphatic heterocycles. The summed E-state index contributed by atoms with van der Waals surface area (Å²) in [6.45, 7) is 4.20. The number of hydrogen-bond acceptors (Lipinski definition) is 2. The normalized spacial score (nSPS) is 17.8. The SMILES string of the molecule is CCCCC1(C#CCCc2ccccc2)c2cc3ccc(C)cc3n2C(=O)N1OC. The van der Waals surface area contributed by atoms with Crippen LogP contribution in [0.5, 0.6) is 0 Å². The number of aryl methyl sites for hydroxylation is 2. The number of carbonyl (C=O) groups is 1. The van der Waals surface area contributed by atoms with Crippen LogP contribution >= 0.6 is 0 Å². The first-order valence-corrected chi connectivity index (χ1v) is 10.7. The van der Waals surface area contributed by atoms with E-state index in [0.29, 0.717) is 0 Å². The minimum atomic E-state index is -0.758. The number of carbonyl (C=O) groups excluding carboxylic acids is 1. The molecular weight excluding hydrogens is 372 g/mol. The number of hydrogen-bond donors (Lipinski definition) is 0. The summed E-state index contributed by atoms with van der Waals surface area (Å²) in [5, 5.41) is 2.54. The fourth-order valence-corrected chi connectivity index (χ4v) is 4.31. The molecule has 0 N–H and O–H groups in total. The molecule has 1 aliphatic rings. The van der Waals surface area contributed by atoms with Crippen molar-refractivity contribution in [2.75, 3.05) is 7.11 Å². The van der Waals surface area contributed by atoms with Gasteiger partial charge in [-0.15, -0.1) is 0 Å². The van der Waals surface area contributed by atoms with Gasteiger partial charge in [-0.05, 0) is 49.4 Å². The Kier molecular flexibility index (Phi) is 5.65. The molecule has 2 heterocycles. The van der Waals surface area contributed by atoms with Gasteiger partial charge in [-0.2, -0.15) is 5.06 Å². The summed E-state index contributed by atoms with van der Waals surface area (Å²) in [5.74, 6) is 6.84. The topological polar surface area (TPSA) is 34.5 Å². The van der Waals surface area contributed by atoms with Crippen molar-refractivity contribution in [2.45, 2.75) is 51.5 Å². The zero-order chi connectivity index (χ0) is 21.1. The highest BCUT2D eigenvalue weighted by atomic mass is 16.7.